The van der Waals surface area contributed by atoms with E-state index in [1.54, 1.807) is 7.11 Å². The smallest absolute Gasteiger partial charge is 0.210 e. The third-order valence-corrected chi connectivity index (χ3v) is 4.13. The maximum Gasteiger partial charge on any atom is 0.210 e. The predicted octanol–water partition coefficient (Wildman–Crippen LogP) is 3.29. The molecule has 0 aliphatic heterocycles. The van der Waals surface area contributed by atoms with Crippen molar-refractivity contribution in [2.45, 2.75) is 16.5 Å². The molecule has 0 saturated heterocycles. The first kappa shape index (κ1) is 13.6. The zero-order valence-corrected chi connectivity index (χ0v) is 12.1. The van der Waals surface area contributed by atoms with Gasteiger partial charge in [0.15, 0.2) is 4.34 Å². The molecule has 19 heavy (non-hydrogen) atoms. The zero-order chi connectivity index (χ0) is 13.7. The monoisotopic (exact) mass is 292 g/mol. The highest BCUT2D eigenvalue weighted by Crippen LogP contribution is 2.32. The highest BCUT2D eigenvalue weighted by atomic mass is 32.2. The van der Waals surface area contributed by atoms with Gasteiger partial charge in [0.25, 0.3) is 0 Å². The number of para-hydroxylation sites is 2. The van der Waals surface area contributed by atoms with Gasteiger partial charge in [-0.2, -0.15) is 5.26 Å². The molecule has 0 radical (unpaired) electrons. The van der Waals surface area contributed by atoms with Gasteiger partial charge in [-0.15, -0.1) is 10.2 Å². The molecule has 98 valence electrons. The van der Waals surface area contributed by atoms with Crippen molar-refractivity contribution < 1.29 is 4.74 Å². The minimum absolute atomic E-state index is 0.132. The number of hydrogen-bond donors (Lipinski definition) is 1. The van der Waals surface area contributed by atoms with E-state index in [-0.39, 0.29) is 5.25 Å². The molecular weight excluding hydrogens is 280 g/mol. The Labute approximate surface area is 119 Å². The third kappa shape index (κ3) is 3.59. The molecule has 1 heterocycles. The first-order valence-corrected chi connectivity index (χ1v) is 7.22. The van der Waals surface area contributed by atoms with Crippen LogP contribution in [0, 0.1) is 11.3 Å². The molecular formula is C12H12N4OS2. The van der Waals surface area contributed by atoms with E-state index in [2.05, 4.69) is 21.6 Å². The van der Waals surface area contributed by atoms with E-state index in [0.29, 0.717) is 5.13 Å². The Morgan fingerprint density at radius 2 is 2.21 bits per heavy atom. The lowest BCUT2D eigenvalue weighted by molar-refractivity contribution is 0.417. The Morgan fingerprint density at radius 3 is 2.95 bits per heavy atom. The number of nitriles is 1. The normalized spacial score (nSPS) is 11.6. The second kappa shape index (κ2) is 6.41. The second-order valence-electron chi connectivity index (χ2n) is 3.59. The Bertz CT molecular complexity index is 593. The van der Waals surface area contributed by atoms with Gasteiger partial charge in [0.05, 0.1) is 24.1 Å². The number of thioether (sulfide) groups is 1. The summed E-state index contributed by atoms with van der Waals surface area (Å²) >= 11 is 2.81. The van der Waals surface area contributed by atoms with Crippen LogP contribution in [0.5, 0.6) is 5.75 Å². The van der Waals surface area contributed by atoms with Crippen molar-refractivity contribution >= 4 is 33.9 Å². The van der Waals surface area contributed by atoms with Gasteiger partial charge < -0.3 is 10.1 Å². The summed E-state index contributed by atoms with van der Waals surface area (Å²) in [6.45, 7) is 1.83. The SMILES string of the molecule is COc1ccccc1Nc1nnc(SC(C)C#N)s1. The molecule has 5 nitrogen and oxygen atoms in total. The van der Waals surface area contributed by atoms with Gasteiger partial charge in [0.2, 0.25) is 5.13 Å². The van der Waals surface area contributed by atoms with Gasteiger partial charge >= 0.3 is 0 Å². The number of nitrogens with zero attached hydrogens (tertiary/aromatic N) is 3. The Morgan fingerprint density at radius 1 is 1.42 bits per heavy atom. The first-order valence-electron chi connectivity index (χ1n) is 5.52. The predicted molar refractivity (Wildman–Crippen MR) is 77.1 cm³/mol. The van der Waals surface area contributed by atoms with E-state index in [4.69, 9.17) is 10.00 Å². The molecule has 2 rings (SSSR count). The summed E-state index contributed by atoms with van der Waals surface area (Å²) in [6, 6.07) is 9.75. The van der Waals surface area contributed by atoms with E-state index < -0.39 is 0 Å². The molecule has 0 fully saturated rings. The van der Waals surface area contributed by atoms with Crippen LogP contribution in [0.2, 0.25) is 0 Å². The van der Waals surface area contributed by atoms with E-state index in [1.807, 2.05) is 31.2 Å². The number of anilines is 2. The minimum Gasteiger partial charge on any atom is -0.495 e. The standard InChI is InChI=1S/C12H12N4OS2/c1-8(7-13)18-12-16-15-11(19-12)14-9-5-3-4-6-10(9)17-2/h3-6,8H,1-2H3,(H,14,15). The largest absolute Gasteiger partial charge is 0.495 e. The maximum absolute atomic E-state index is 8.76. The second-order valence-corrected chi connectivity index (χ2v) is 6.15. The lowest BCUT2D eigenvalue weighted by Crippen LogP contribution is -1.93. The minimum atomic E-state index is -0.132. The van der Waals surface area contributed by atoms with Crippen molar-refractivity contribution in [2.24, 2.45) is 0 Å². The molecule has 0 bridgehead atoms. The van der Waals surface area contributed by atoms with E-state index in [0.717, 1.165) is 15.8 Å². The van der Waals surface area contributed by atoms with Gasteiger partial charge in [-0.3, -0.25) is 0 Å². The van der Waals surface area contributed by atoms with Crippen molar-refractivity contribution in [3.63, 3.8) is 0 Å². The number of rotatable bonds is 5. The quantitative estimate of drug-likeness (QED) is 0.853. The molecule has 0 aliphatic carbocycles. The molecule has 0 amide bonds. The van der Waals surface area contributed by atoms with Gasteiger partial charge in [-0.05, 0) is 19.1 Å². The number of hydrogen-bond acceptors (Lipinski definition) is 7. The average molecular weight is 292 g/mol. The van der Waals surface area contributed by atoms with E-state index in [1.165, 1.54) is 23.1 Å². The van der Waals surface area contributed by atoms with Crippen LogP contribution >= 0.6 is 23.1 Å². The van der Waals surface area contributed by atoms with Crippen LogP contribution in [0.15, 0.2) is 28.6 Å². The lowest BCUT2D eigenvalue weighted by Gasteiger charge is -2.07. The van der Waals surface area contributed by atoms with Crippen molar-refractivity contribution in [2.75, 3.05) is 12.4 Å². The third-order valence-electron chi connectivity index (χ3n) is 2.21. The molecule has 1 aromatic carbocycles. The molecule has 1 atom stereocenters. The molecule has 1 aromatic heterocycles. The topological polar surface area (TPSA) is 70.8 Å². The summed E-state index contributed by atoms with van der Waals surface area (Å²) in [5, 5.41) is 20.5. The molecule has 7 heteroatoms. The maximum atomic E-state index is 8.76. The van der Waals surface area contributed by atoms with Crippen LogP contribution in [-0.4, -0.2) is 22.6 Å². The lowest BCUT2D eigenvalue weighted by atomic mass is 10.3. The summed E-state index contributed by atoms with van der Waals surface area (Å²) in [7, 11) is 1.62. The fourth-order valence-electron chi connectivity index (χ4n) is 1.35. The number of aromatic nitrogens is 2. The Hall–Kier alpha value is -1.78. The number of methoxy groups -OCH3 is 1. The molecule has 1 N–H and O–H groups in total. The molecule has 1 unspecified atom stereocenters. The molecule has 0 saturated carbocycles. The van der Waals surface area contributed by atoms with Gasteiger partial charge in [0.1, 0.15) is 5.75 Å². The summed E-state index contributed by atoms with van der Waals surface area (Å²) in [4.78, 5) is 0. The molecule has 0 spiro atoms. The van der Waals surface area contributed by atoms with Crippen LogP contribution < -0.4 is 10.1 Å². The van der Waals surface area contributed by atoms with Gasteiger partial charge in [-0.25, -0.2) is 0 Å². The van der Waals surface area contributed by atoms with Crippen LogP contribution in [0.1, 0.15) is 6.92 Å². The van der Waals surface area contributed by atoms with Crippen molar-refractivity contribution in [3.8, 4) is 11.8 Å². The molecule has 2 aromatic rings. The first-order chi connectivity index (χ1) is 9.22. The highest BCUT2D eigenvalue weighted by Gasteiger charge is 2.10. The number of benzene rings is 1. The fourth-order valence-corrected chi connectivity index (χ4v) is 3.14. The summed E-state index contributed by atoms with van der Waals surface area (Å²) in [5.74, 6) is 0.747. The average Bonchev–Trinajstić information content (AvgIpc) is 2.86. The number of ether oxygens (including phenoxy) is 1. The van der Waals surface area contributed by atoms with Crippen molar-refractivity contribution in [1.29, 1.82) is 5.26 Å². The Balaban J connectivity index is 2.10. The fraction of sp³-hybridized carbons (Fsp3) is 0.250. The number of nitrogens with one attached hydrogen (secondary N) is 1. The highest BCUT2D eigenvalue weighted by molar-refractivity contribution is 8.01. The van der Waals surface area contributed by atoms with Crippen LogP contribution in [-0.2, 0) is 0 Å². The van der Waals surface area contributed by atoms with Crippen molar-refractivity contribution in [1.82, 2.24) is 10.2 Å². The zero-order valence-electron chi connectivity index (χ0n) is 10.5. The van der Waals surface area contributed by atoms with Crippen molar-refractivity contribution in [3.05, 3.63) is 24.3 Å². The summed E-state index contributed by atoms with van der Waals surface area (Å²) in [5.41, 5.74) is 0.839. The van der Waals surface area contributed by atoms with Gasteiger partial charge in [0, 0.05) is 0 Å². The summed E-state index contributed by atoms with van der Waals surface area (Å²) in [6.07, 6.45) is 0. The summed E-state index contributed by atoms with van der Waals surface area (Å²) < 4.78 is 6.02. The van der Waals surface area contributed by atoms with Gasteiger partial charge in [-0.1, -0.05) is 35.2 Å². The van der Waals surface area contributed by atoms with E-state index in [9.17, 15) is 0 Å². The van der Waals surface area contributed by atoms with Crippen LogP contribution in [0.3, 0.4) is 0 Å². The van der Waals surface area contributed by atoms with Crippen LogP contribution in [0.25, 0.3) is 0 Å². The van der Waals surface area contributed by atoms with E-state index >= 15 is 0 Å². The Kier molecular flexibility index (Phi) is 4.60. The van der Waals surface area contributed by atoms with Crippen LogP contribution in [0.4, 0.5) is 10.8 Å². The molecule has 0 aliphatic rings.